The van der Waals surface area contributed by atoms with Gasteiger partial charge >= 0.3 is 0 Å². The number of hydrogen-bond donors (Lipinski definition) is 1. The zero-order valence-electron chi connectivity index (χ0n) is 18.0. The van der Waals surface area contributed by atoms with Gasteiger partial charge in [-0.05, 0) is 51.2 Å². The Morgan fingerprint density at radius 2 is 1.86 bits per heavy atom. The molecular weight excluding hydrogens is 350 g/mol. The van der Waals surface area contributed by atoms with Crippen molar-refractivity contribution in [3.8, 4) is 11.8 Å². The number of fused-ring (bicyclic) bond motifs is 1. The number of aromatic nitrogens is 1. The molecule has 1 aromatic heterocycles. The molecule has 0 spiro atoms. The van der Waals surface area contributed by atoms with Crippen molar-refractivity contribution in [1.29, 1.82) is 0 Å². The zero-order chi connectivity index (χ0) is 21.1. The second kappa shape index (κ2) is 8.52. The van der Waals surface area contributed by atoms with Gasteiger partial charge in [-0.25, -0.2) is 0 Å². The topological polar surface area (TPSA) is 54.3 Å². The predicted molar refractivity (Wildman–Crippen MR) is 113 cm³/mol. The maximum atomic E-state index is 13.1. The number of carbonyl (C=O) groups excluding carboxylic acids is 2. The first-order chi connectivity index (χ1) is 13.0. The van der Waals surface area contributed by atoms with Gasteiger partial charge in [-0.15, -0.1) is 0 Å². The fourth-order valence-electron chi connectivity index (χ4n) is 3.46. The molecule has 1 N–H and O–H groups in total. The van der Waals surface area contributed by atoms with Crippen LogP contribution in [0.15, 0.2) is 30.5 Å². The van der Waals surface area contributed by atoms with Crippen LogP contribution in [0.5, 0.6) is 0 Å². The van der Waals surface area contributed by atoms with Crippen molar-refractivity contribution in [2.45, 2.75) is 59.7 Å². The summed E-state index contributed by atoms with van der Waals surface area (Å²) in [4.78, 5) is 27.5. The Hall–Kier alpha value is -2.74. The molecular formula is C23H31N3O2. The minimum atomic E-state index is -0.605. The first kappa shape index (κ1) is 21.6. The van der Waals surface area contributed by atoms with Crippen LogP contribution in [0.4, 0.5) is 0 Å². The van der Waals surface area contributed by atoms with E-state index in [1.165, 1.54) is 0 Å². The van der Waals surface area contributed by atoms with Crippen LogP contribution < -0.4 is 5.32 Å². The number of nitrogens with zero attached hydrogens (tertiary/aromatic N) is 2. The minimum absolute atomic E-state index is 0.0556. The highest BCUT2D eigenvalue weighted by atomic mass is 16.2. The SMILES string of the molecule is CC#CC(=O)N(Cc1cn(C)c2ccccc12)C(C(=O)NC(C)(C)C)C(C)C. The molecule has 0 saturated carbocycles. The third-order valence-electron chi connectivity index (χ3n) is 4.55. The van der Waals surface area contributed by atoms with Crippen LogP contribution in [-0.2, 0) is 23.2 Å². The Labute approximate surface area is 168 Å². The number of carbonyl (C=O) groups is 2. The Bertz CT molecular complexity index is 923. The molecule has 1 unspecified atom stereocenters. The molecule has 5 heteroatoms. The molecule has 1 atom stereocenters. The Kier molecular flexibility index (Phi) is 6.56. The number of aryl methyl sites for hydroxylation is 1. The third kappa shape index (κ3) is 4.95. The largest absolute Gasteiger partial charge is 0.350 e. The Balaban J connectivity index is 2.48. The molecule has 0 saturated heterocycles. The summed E-state index contributed by atoms with van der Waals surface area (Å²) < 4.78 is 2.04. The number of para-hydroxylation sites is 1. The monoisotopic (exact) mass is 381 g/mol. The average Bonchev–Trinajstić information content (AvgIpc) is 2.89. The van der Waals surface area contributed by atoms with E-state index in [0.717, 1.165) is 16.5 Å². The van der Waals surface area contributed by atoms with Crippen molar-refractivity contribution in [3.05, 3.63) is 36.0 Å². The number of benzene rings is 1. The molecule has 0 fully saturated rings. The van der Waals surface area contributed by atoms with Crippen LogP contribution in [0.25, 0.3) is 10.9 Å². The van der Waals surface area contributed by atoms with Gasteiger partial charge in [0.1, 0.15) is 6.04 Å². The summed E-state index contributed by atoms with van der Waals surface area (Å²) >= 11 is 0. The van der Waals surface area contributed by atoms with Crippen molar-refractivity contribution < 1.29 is 9.59 Å². The highest BCUT2D eigenvalue weighted by molar-refractivity contribution is 5.97. The average molecular weight is 382 g/mol. The van der Waals surface area contributed by atoms with Crippen LogP contribution >= 0.6 is 0 Å². The molecule has 28 heavy (non-hydrogen) atoms. The first-order valence-corrected chi connectivity index (χ1v) is 9.63. The minimum Gasteiger partial charge on any atom is -0.350 e. The zero-order valence-corrected chi connectivity index (χ0v) is 18.0. The standard InChI is InChI=1S/C23H31N3O2/c1-8-11-20(27)26(21(16(2)3)22(28)24-23(4,5)6)15-17-14-25(7)19-13-10-9-12-18(17)19/h9-10,12-14,16,21H,15H2,1-7H3,(H,24,28). The molecule has 0 bridgehead atoms. The lowest BCUT2D eigenvalue weighted by Gasteiger charge is -2.34. The second-order valence-corrected chi connectivity index (χ2v) is 8.52. The molecule has 2 aromatic rings. The van der Waals surface area contributed by atoms with E-state index in [-0.39, 0.29) is 23.3 Å². The third-order valence-corrected chi connectivity index (χ3v) is 4.55. The molecule has 0 aliphatic heterocycles. The number of nitrogens with one attached hydrogen (secondary N) is 1. The fourth-order valence-corrected chi connectivity index (χ4v) is 3.46. The molecule has 150 valence electrons. The summed E-state index contributed by atoms with van der Waals surface area (Å²) in [5.41, 5.74) is 1.71. The van der Waals surface area contributed by atoms with E-state index in [2.05, 4.69) is 17.2 Å². The maximum absolute atomic E-state index is 13.1. The first-order valence-electron chi connectivity index (χ1n) is 9.63. The molecule has 2 amide bonds. The van der Waals surface area contributed by atoms with Gasteiger partial charge in [0.05, 0.1) is 0 Å². The van der Waals surface area contributed by atoms with Crippen LogP contribution in [0.1, 0.15) is 47.1 Å². The lowest BCUT2D eigenvalue weighted by molar-refractivity contribution is -0.139. The second-order valence-electron chi connectivity index (χ2n) is 8.52. The quantitative estimate of drug-likeness (QED) is 0.807. The summed E-state index contributed by atoms with van der Waals surface area (Å²) in [5, 5.41) is 4.09. The van der Waals surface area contributed by atoms with Gasteiger partial charge in [-0.2, -0.15) is 0 Å². The van der Waals surface area contributed by atoms with Gasteiger partial charge in [-0.1, -0.05) is 38.0 Å². The highest BCUT2D eigenvalue weighted by Crippen LogP contribution is 2.24. The van der Waals surface area contributed by atoms with Crippen LogP contribution in [0.3, 0.4) is 0 Å². The summed E-state index contributed by atoms with van der Waals surface area (Å²) in [5.74, 6) is 4.75. The number of hydrogen-bond acceptors (Lipinski definition) is 2. The molecule has 0 radical (unpaired) electrons. The summed E-state index contributed by atoms with van der Waals surface area (Å²) in [6, 6.07) is 7.45. The van der Waals surface area contributed by atoms with Crippen molar-refractivity contribution in [1.82, 2.24) is 14.8 Å². The normalized spacial score (nSPS) is 12.4. The Morgan fingerprint density at radius 1 is 1.21 bits per heavy atom. The highest BCUT2D eigenvalue weighted by Gasteiger charge is 2.34. The van der Waals surface area contributed by atoms with E-state index in [1.54, 1.807) is 11.8 Å². The number of rotatable bonds is 5. The lowest BCUT2D eigenvalue weighted by atomic mass is 9.98. The van der Waals surface area contributed by atoms with Crippen molar-refractivity contribution in [2.75, 3.05) is 0 Å². The molecule has 1 heterocycles. The van der Waals surface area contributed by atoms with Crippen molar-refractivity contribution in [3.63, 3.8) is 0 Å². The number of amides is 2. The van der Waals surface area contributed by atoms with E-state index in [9.17, 15) is 9.59 Å². The molecule has 0 aliphatic carbocycles. The van der Waals surface area contributed by atoms with Crippen LogP contribution in [0, 0.1) is 17.8 Å². The fraction of sp³-hybridized carbons (Fsp3) is 0.478. The van der Waals surface area contributed by atoms with Gasteiger partial charge in [-0.3, -0.25) is 9.59 Å². The molecule has 5 nitrogen and oxygen atoms in total. The van der Waals surface area contributed by atoms with Crippen molar-refractivity contribution in [2.24, 2.45) is 13.0 Å². The van der Waals surface area contributed by atoms with E-state index in [1.807, 2.05) is 76.7 Å². The predicted octanol–water partition coefficient (Wildman–Crippen LogP) is 3.47. The molecule has 2 rings (SSSR count). The smallest absolute Gasteiger partial charge is 0.299 e. The Morgan fingerprint density at radius 3 is 2.43 bits per heavy atom. The van der Waals surface area contributed by atoms with Gasteiger partial charge in [0, 0.05) is 36.2 Å². The van der Waals surface area contributed by atoms with E-state index in [0.29, 0.717) is 6.54 Å². The van der Waals surface area contributed by atoms with Gasteiger partial charge < -0.3 is 14.8 Å². The van der Waals surface area contributed by atoms with Crippen LogP contribution in [0.2, 0.25) is 0 Å². The van der Waals surface area contributed by atoms with Crippen molar-refractivity contribution >= 4 is 22.7 Å². The van der Waals surface area contributed by atoms with Crippen LogP contribution in [-0.4, -0.2) is 32.9 Å². The van der Waals surface area contributed by atoms with Gasteiger partial charge in [0.2, 0.25) is 5.91 Å². The van der Waals surface area contributed by atoms with Gasteiger partial charge in [0.15, 0.2) is 0 Å². The maximum Gasteiger partial charge on any atom is 0.299 e. The molecule has 0 aliphatic rings. The summed E-state index contributed by atoms with van der Waals surface area (Å²) in [7, 11) is 1.98. The van der Waals surface area contributed by atoms with E-state index >= 15 is 0 Å². The lowest BCUT2D eigenvalue weighted by Crippen LogP contribution is -2.55. The van der Waals surface area contributed by atoms with E-state index < -0.39 is 6.04 Å². The summed E-state index contributed by atoms with van der Waals surface area (Å²) in [6.07, 6.45) is 2.02. The summed E-state index contributed by atoms with van der Waals surface area (Å²) in [6.45, 7) is 11.7. The van der Waals surface area contributed by atoms with Gasteiger partial charge in [0.25, 0.3) is 5.91 Å². The van der Waals surface area contributed by atoms with E-state index in [4.69, 9.17) is 0 Å². The molecule has 1 aromatic carbocycles.